The lowest BCUT2D eigenvalue weighted by Crippen LogP contribution is -2.47. The van der Waals surface area contributed by atoms with Gasteiger partial charge in [0.2, 0.25) is 0 Å². The smallest absolute Gasteiger partial charge is 0.408 e. The molecule has 0 aromatic heterocycles. The van der Waals surface area contributed by atoms with Crippen molar-refractivity contribution in [1.29, 1.82) is 0 Å². The maximum absolute atomic E-state index is 12.4. The second-order valence-corrected chi connectivity index (χ2v) is 7.09. The fraction of sp³-hybridized carbons (Fsp3) is 0.500. The summed E-state index contributed by atoms with van der Waals surface area (Å²) in [4.78, 5) is 35.3. The number of hydrogen-bond donors (Lipinski definition) is 2. The number of ether oxygens (including phenoxy) is 2. The average molecular weight is 351 g/mol. The second-order valence-electron chi connectivity index (χ2n) is 7.09. The van der Waals surface area contributed by atoms with Gasteiger partial charge in [-0.25, -0.2) is 9.59 Å². The topological polar surface area (TPSA) is 102 Å². The number of carbonyl (C=O) groups excluding carboxylic acids is 2. The van der Waals surface area contributed by atoms with Gasteiger partial charge in [-0.05, 0) is 40.2 Å². The highest BCUT2D eigenvalue weighted by Gasteiger charge is 2.33. The Bertz CT molecular complexity index is 618. The van der Waals surface area contributed by atoms with Crippen molar-refractivity contribution in [2.45, 2.75) is 58.3 Å². The van der Waals surface area contributed by atoms with E-state index >= 15 is 0 Å². The summed E-state index contributed by atoms with van der Waals surface area (Å²) in [5.41, 5.74) is -1.01. The molecule has 1 atom stereocenters. The number of benzene rings is 1. The number of amides is 1. The van der Waals surface area contributed by atoms with Crippen molar-refractivity contribution in [1.82, 2.24) is 5.32 Å². The normalized spacial score (nSPS) is 12.8. The van der Waals surface area contributed by atoms with Crippen LogP contribution in [0.3, 0.4) is 0 Å². The van der Waals surface area contributed by atoms with Crippen molar-refractivity contribution in [2.24, 2.45) is 0 Å². The van der Waals surface area contributed by atoms with Crippen molar-refractivity contribution in [3.63, 3.8) is 0 Å². The van der Waals surface area contributed by atoms with Crippen LogP contribution in [0.1, 0.15) is 46.6 Å². The van der Waals surface area contributed by atoms with E-state index in [4.69, 9.17) is 14.6 Å². The first-order valence-corrected chi connectivity index (χ1v) is 7.90. The molecule has 0 heterocycles. The van der Waals surface area contributed by atoms with Crippen LogP contribution in [0.15, 0.2) is 30.3 Å². The molecule has 0 saturated heterocycles. The molecule has 0 aliphatic carbocycles. The molecule has 0 aliphatic heterocycles. The average Bonchev–Trinajstić information content (AvgIpc) is 2.44. The summed E-state index contributed by atoms with van der Waals surface area (Å²) in [6.07, 6.45) is -1.49. The Labute approximate surface area is 147 Å². The van der Waals surface area contributed by atoms with E-state index in [0.717, 1.165) is 5.56 Å². The molecular weight excluding hydrogens is 326 g/mol. The summed E-state index contributed by atoms with van der Waals surface area (Å²) >= 11 is 0. The van der Waals surface area contributed by atoms with Gasteiger partial charge in [0, 0.05) is 0 Å². The third-order valence-corrected chi connectivity index (χ3v) is 3.18. The van der Waals surface area contributed by atoms with Crippen LogP contribution >= 0.6 is 0 Å². The summed E-state index contributed by atoms with van der Waals surface area (Å²) in [7, 11) is 0. The first-order chi connectivity index (χ1) is 11.4. The quantitative estimate of drug-likeness (QED) is 0.764. The summed E-state index contributed by atoms with van der Waals surface area (Å²) in [5.74, 6) is -2.09. The van der Waals surface area contributed by atoms with Gasteiger partial charge < -0.3 is 19.9 Å². The molecule has 1 unspecified atom stereocenters. The molecule has 1 aromatic carbocycles. The van der Waals surface area contributed by atoms with E-state index in [-0.39, 0.29) is 0 Å². The molecule has 2 N–H and O–H groups in total. The first-order valence-electron chi connectivity index (χ1n) is 7.90. The van der Waals surface area contributed by atoms with Crippen molar-refractivity contribution in [3.05, 3.63) is 35.9 Å². The maximum atomic E-state index is 12.4. The molecule has 138 valence electrons. The minimum Gasteiger partial charge on any atom is -0.481 e. The lowest BCUT2D eigenvalue weighted by Gasteiger charge is -2.28. The van der Waals surface area contributed by atoms with E-state index in [1.807, 2.05) is 6.07 Å². The fourth-order valence-electron chi connectivity index (χ4n) is 2.04. The Hall–Kier alpha value is -2.57. The number of carboxylic acids is 1. The van der Waals surface area contributed by atoms with E-state index in [9.17, 15) is 14.4 Å². The highest BCUT2D eigenvalue weighted by molar-refractivity contribution is 5.86. The van der Waals surface area contributed by atoms with Gasteiger partial charge in [-0.1, -0.05) is 30.3 Å². The van der Waals surface area contributed by atoms with Gasteiger partial charge >= 0.3 is 18.0 Å². The van der Waals surface area contributed by atoms with Crippen LogP contribution in [0.25, 0.3) is 0 Å². The minimum absolute atomic E-state index is 0.608. The fourth-order valence-corrected chi connectivity index (χ4v) is 2.04. The zero-order valence-electron chi connectivity index (χ0n) is 15.2. The Morgan fingerprint density at radius 1 is 1.04 bits per heavy atom. The lowest BCUT2D eigenvalue weighted by atomic mass is 9.98. The molecule has 7 heteroatoms. The summed E-state index contributed by atoms with van der Waals surface area (Å²) in [5, 5.41) is 11.3. The number of alkyl carbamates (subject to hydrolysis) is 1. The van der Waals surface area contributed by atoms with Crippen molar-refractivity contribution < 1.29 is 29.0 Å². The summed E-state index contributed by atoms with van der Waals surface area (Å²) < 4.78 is 10.5. The molecular formula is C18H25NO6. The minimum atomic E-state index is -1.35. The van der Waals surface area contributed by atoms with Crippen LogP contribution in [0.2, 0.25) is 0 Å². The maximum Gasteiger partial charge on any atom is 0.408 e. The number of hydrogen-bond acceptors (Lipinski definition) is 5. The van der Waals surface area contributed by atoms with Gasteiger partial charge in [0.1, 0.15) is 17.2 Å². The van der Waals surface area contributed by atoms with Crippen LogP contribution < -0.4 is 5.32 Å². The van der Waals surface area contributed by atoms with Crippen molar-refractivity contribution >= 4 is 18.0 Å². The van der Waals surface area contributed by atoms with Crippen LogP contribution in [0.5, 0.6) is 0 Å². The van der Waals surface area contributed by atoms with Gasteiger partial charge in [-0.2, -0.15) is 0 Å². The van der Waals surface area contributed by atoms with Crippen LogP contribution in [-0.2, 0) is 24.7 Å². The monoisotopic (exact) mass is 351 g/mol. The van der Waals surface area contributed by atoms with Gasteiger partial charge in [-0.15, -0.1) is 0 Å². The standard InChI is InChI=1S/C18H25NO6/c1-17(2,3)25-16(23)19-13(11-14(20)21)15(22)24-18(4,5)12-9-7-6-8-10-12/h6-10,13H,11H2,1-5H3,(H,19,23)(H,20,21). The Balaban J connectivity index is 2.86. The van der Waals surface area contributed by atoms with Gasteiger partial charge in [-0.3, -0.25) is 4.79 Å². The van der Waals surface area contributed by atoms with Gasteiger partial charge in [0.05, 0.1) is 6.42 Å². The lowest BCUT2D eigenvalue weighted by molar-refractivity contribution is -0.162. The second kappa shape index (κ2) is 8.00. The summed E-state index contributed by atoms with van der Waals surface area (Å²) in [6.45, 7) is 8.36. The SMILES string of the molecule is CC(C)(C)OC(=O)NC(CC(=O)O)C(=O)OC(C)(C)c1ccccc1. The molecule has 0 aliphatic rings. The van der Waals surface area contributed by atoms with Crippen molar-refractivity contribution in [2.75, 3.05) is 0 Å². The number of carbonyl (C=O) groups is 3. The molecule has 0 spiro atoms. The van der Waals surface area contributed by atoms with E-state index in [0.29, 0.717) is 0 Å². The third-order valence-electron chi connectivity index (χ3n) is 3.18. The molecule has 7 nitrogen and oxygen atoms in total. The van der Waals surface area contributed by atoms with Crippen LogP contribution in [0.4, 0.5) is 4.79 Å². The number of nitrogens with one attached hydrogen (secondary N) is 1. The van der Waals surface area contributed by atoms with E-state index in [2.05, 4.69) is 5.32 Å². The van der Waals surface area contributed by atoms with E-state index in [1.54, 1.807) is 58.9 Å². The predicted molar refractivity (Wildman–Crippen MR) is 91.0 cm³/mol. The predicted octanol–water partition coefficient (Wildman–Crippen LogP) is 2.83. The Morgan fingerprint density at radius 3 is 2.08 bits per heavy atom. The first kappa shape index (κ1) is 20.5. The highest BCUT2D eigenvalue weighted by Crippen LogP contribution is 2.25. The van der Waals surface area contributed by atoms with Gasteiger partial charge in [0.25, 0.3) is 0 Å². The number of aliphatic carboxylic acids is 1. The number of esters is 1. The Morgan fingerprint density at radius 2 is 1.60 bits per heavy atom. The molecule has 0 fully saturated rings. The number of rotatable bonds is 6. The molecule has 0 radical (unpaired) electrons. The largest absolute Gasteiger partial charge is 0.481 e. The molecule has 0 saturated carbocycles. The van der Waals surface area contributed by atoms with E-state index in [1.165, 1.54) is 0 Å². The third kappa shape index (κ3) is 7.24. The molecule has 1 rings (SSSR count). The highest BCUT2D eigenvalue weighted by atomic mass is 16.6. The van der Waals surface area contributed by atoms with E-state index < -0.39 is 41.7 Å². The van der Waals surface area contributed by atoms with Gasteiger partial charge in [0.15, 0.2) is 0 Å². The molecule has 1 aromatic rings. The van der Waals surface area contributed by atoms with Crippen LogP contribution in [0, 0.1) is 0 Å². The number of carboxylic acid groups (broad SMARTS) is 1. The van der Waals surface area contributed by atoms with Crippen LogP contribution in [-0.4, -0.2) is 34.8 Å². The zero-order chi connectivity index (χ0) is 19.3. The molecule has 0 bridgehead atoms. The summed E-state index contributed by atoms with van der Waals surface area (Å²) in [6, 6.07) is 7.67. The zero-order valence-corrected chi connectivity index (χ0v) is 15.2. The molecule has 1 amide bonds. The molecule has 25 heavy (non-hydrogen) atoms. The Kier molecular flexibility index (Phi) is 6.55. The van der Waals surface area contributed by atoms with Crippen molar-refractivity contribution in [3.8, 4) is 0 Å².